The first kappa shape index (κ1) is 37.8. The average Bonchev–Trinajstić information content (AvgIpc) is 4.02. The van der Waals surface area contributed by atoms with Crippen LogP contribution in [-0.2, 0) is 19.1 Å². The summed E-state index contributed by atoms with van der Waals surface area (Å²) < 4.78 is 9.46. The molecule has 2 aromatic heterocycles. The van der Waals surface area contributed by atoms with E-state index < -0.39 is 18.2 Å². The van der Waals surface area contributed by atoms with E-state index in [0.29, 0.717) is 30.8 Å². The molecule has 2 aliphatic rings. The van der Waals surface area contributed by atoms with E-state index in [0.717, 1.165) is 64.3 Å². The van der Waals surface area contributed by atoms with Gasteiger partial charge in [-0.3, -0.25) is 9.59 Å². The number of rotatable bonds is 10. The first-order valence-electron chi connectivity index (χ1n) is 18.4. The summed E-state index contributed by atoms with van der Waals surface area (Å²) >= 11 is 0. The smallest absolute Gasteiger partial charge is 0.425 e. The van der Waals surface area contributed by atoms with Crippen molar-refractivity contribution >= 4 is 29.6 Å². The van der Waals surface area contributed by atoms with Gasteiger partial charge in [0.2, 0.25) is 5.91 Å². The minimum absolute atomic E-state index is 0.105. The second-order valence-corrected chi connectivity index (χ2v) is 14.2. The maximum absolute atomic E-state index is 13.5. The number of alkyl carbamates (subject to hydrolysis) is 1. The number of likely N-dealkylation sites (tertiary alicyclic amines) is 1. The van der Waals surface area contributed by atoms with Gasteiger partial charge < -0.3 is 29.7 Å². The SMILES string of the molecule is COC(=O)NC(C(=O)N1CCC[C@H]1c1ncc(-c2ccc(-c3ccc(-c4cnc(C5=C(C(=O)N(NC(=O)OC)C(C)C)CCC5)[nH]4)cc3)cc2)[nH]1)C(C)C. The molecule has 0 saturated carbocycles. The molecule has 1 fully saturated rings. The summed E-state index contributed by atoms with van der Waals surface area (Å²) in [4.78, 5) is 68.7. The van der Waals surface area contributed by atoms with Crippen molar-refractivity contribution in [2.24, 2.45) is 5.92 Å². The summed E-state index contributed by atoms with van der Waals surface area (Å²) in [6.45, 7) is 8.05. The highest BCUT2D eigenvalue weighted by atomic mass is 16.5. The van der Waals surface area contributed by atoms with E-state index in [1.165, 1.54) is 19.2 Å². The molecule has 1 aliphatic carbocycles. The van der Waals surface area contributed by atoms with Crippen molar-refractivity contribution in [2.75, 3.05) is 20.8 Å². The molecule has 54 heavy (non-hydrogen) atoms. The highest BCUT2D eigenvalue weighted by molar-refractivity contribution is 6.02. The van der Waals surface area contributed by atoms with Gasteiger partial charge >= 0.3 is 12.2 Å². The molecule has 4 aromatic rings. The van der Waals surface area contributed by atoms with Crippen LogP contribution in [0.15, 0.2) is 66.5 Å². The van der Waals surface area contributed by atoms with Crippen molar-refractivity contribution in [1.82, 2.24) is 40.6 Å². The van der Waals surface area contributed by atoms with Crippen LogP contribution in [0.1, 0.15) is 77.5 Å². The van der Waals surface area contributed by atoms with Crippen molar-refractivity contribution < 1.29 is 28.7 Å². The molecule has 14 heteroatoms. The largest absolute Gasteiger partial charge is 0.453 e. The van der Waals surface area contributed by atoms with Gasteiger partial charge in [-0.25, -0.2) is 30.0 Å². The Bertz CT molecular complexity index is 2010. The average molecular weight is 737 g/mol. The zero-order valence-electron chi connectivity index (χ0n) is 31.6. The second kappa shape index (κ2) is 16.4. The van der Waals surface area contributed by atoms with Crippen molar-refractivity contribution in [1.29, 1.82) is 0 Å². The van der Waals surface area contributed by atoms with Crippen LogP contribution >= 0.6 is 0 Å². The lowest BCUT2D eigenvalue weighted by atomic mass is 10.0. The molecular formula is C40H48N8O6. The number of carbonyl (C=O) groups is 4. The quantitative estimate of drug-likeness (QED) is 0.131. The molecule has 1 unspecified atom stereocenters. The zero-order valence-corrected chi connectivity index (χ0v) is 31.6. The number of amides is 4. The Balaban J connectivity index is 1.13. The van der Waals surface area contributed by atoms with Gasteiger partial charge in [0.1, 0.15) is 17.7 Å². The number of allylic oxidation sites excluding steroid dienone is 1. The van der Waals surface area contributed by atoms with Gasteiger partial charge in [-0.15, -0.1) is 0 Å². The summed E-state index contributed by atoms with van der Waals surface area (Å²) in [5.41, 5.74) is 9.74. The van der Waals surface area contributed by atoms with E-state index in [1.54, 1.807) is 17.3 Å². The molecule has 0 radical (unpaired) electrons. The van der Waals surface area contributed by atoms with E-state index in [-0.39, 0.29) is 29.8 Å². The van der Waals surface area contributed by atoms with Gasteiger partial charge in [0.15, 0.2) is 0 Å². The molecule has 1 saturated heterocycles. The van der Waals surface area contributed by atoms with Gasteiger partial charge in [0, 0.05) is 23.7 Å². The molecule has 6 rings (SSSR count). The van der Waals surface area contributed by atoms with Crippen molar-refractivity contribution in [2.45, 2.75) is 77.9 Å². The lowest BCUT2D eigenvalue weighted by Gasteiger charge is -2.30. The number of aromatic amines is 2. The lowest BCUT2D eigenvalue weighted by Crippen LogP contribution is -2.51. The number of imidazole rings is 2. The Morgan fingerprint density at radius 2 is 1.39 bits per heavy atom. The van der Waals surface area contributed by atoms with Crippen LogP contribution in [0.2, 0.25) is 0 Å². The first-order valence-corrected chi connectivity index (χ1v) is 18.4. The standard InChI is InChI=1S/C40H48N8O6/c1-23(2)34(45-39(51)53-5)38(50)47-20-8-11-33(47)36-42-22-32(44-36)28-18-14-26(15-19-28)25-12-16-27(17-13-25)31-21-41-35(43-31)29-9-7-10-30(29)37(49)48(24(3)4)46-40(52)54-6/h12-19,21-24,33-34H,7-11,20H2,1-6H3,(H,41,43)(H,42,44)(H,45,51)(H,46,52)/t33-,34?/m0/s1. The second-order valence-electron chi connectivity index (χ2n) is 14.2. The molecule has 0 bridgehead atoms. The fourth-order valence-corrected chi connectivity index (χ4v) is 7.10. The maximum Gasteiger partial charge on any atom is 0.425 e. The van der Waals surface area contributed by atoms with Gasteiger partial charge in [-0.2, -0.15) is 0 Å². The van der Waals surface area contributed by atoms with Crippen LogP contribution < -0.4 is 10.7 Å². The molecule has 0 spiro atoms. The number of ether oxygens (including phenoxy) is 2. The number of hydrazine groups is 1. The lowest BCUT2D eigenvalue weighted by molar-refractivity contribution is -0.135. The predicted octanol–water partition coefficient (Wildman–Crippen LogP) is 6.62. The molecule has 14 nitrogen and oxygen atoms in total. The van der Waals surface area contributed by atoms with Crippen LogP contribution in [0.25, 0.3) is 39.2 Å². The van der Waals surface area contributed by atoms with Gasteiger partial charge in [-0.05, 0) is 74.1 Å². The third kappa shape index (κ3) is 8.02. The number of nitrogens with one attached hydrogen (secondary N) is 4. The molecule has 2 aromatic carbocycles. The monoisotopic (exact) mass is 736 g/mol. The van der Waals surface area contributed by atoms with E-state index >= 15 is 0 Å². The van der Waals surface area contributed by atoms with Gasteiger partial charge in [0.05, 0.1) is 44.0 Å². The Morgan fingerprint density at radius 1 is 0.796 bits per heavy atom. The number of nitrogens with zero attached hydrogens (tertiary/aromatic N) is 4. The minimum Gasteiger partial charge on any atom is -0.453 e. The van der Waals surface area contributed by atoms with E-state index in [4.69, 9.17) is 9.47 Å². The Kier molecular flexibility index (Phi) is 11.5. The molecule has 4 amide bonds. The summed E-state index contributed by atoms with van der Waals surface area (Å²) in [6, 6.07) is 15.3. The number of hydrogen-bond acceptors (Lipinski definition) is 8. The third-order valence-electron chi connectivity index (χ3n) is 10.0. The Morgan fingerprint density at radius 3 is 1.98 bits per heavy atom. The number of methoxy groups -OCH3 is 2. The summed E-state index contributed by atoms with van der Waals surface area (Å²) in [5.74, 6) is 0.861. The van der Waals surface area contributed by atoms with Gasteiger partial charge in [0.25, 0.3) is 5.91 Å². The molecule has 284 valence electrons. The minimum atomic E-state index is -0.695. The van der Waals surface area contributed by atoms with Crippen LogP contribution in [0.3, 0.4) is 0 Å². The van der Waals surface area contributed by atoms with Crippen LogP contribution in [0.4, 0.5) is 9.59 Å². The topological polar surface area (TPSA) is 175 Å². The van der Waals surface area contributed by atoms with Crippen LogP contribution in [0, 0.1) is 5.92 Å². The normalized spacial score (nSPS) is 16.1. The summed E-state index contributed by atoms with van der Waals surface area (Å²) in [6.07, 6.45) is 6.01. The van der Waals surface area contributed by atoms with Crippen molar-refractivity contribution in [3.8, 4) is 33.6 Å². The Hall–Kier alpha value is -5.92. The number of benzene rings is 2. The number of carbonyl (C=O) groups excluding carboxylic acids is 4. The van der Waals surface area contributed by atoms with E-state index in [9.17, 15) is 19.2 Å². The molecule has 1 aliphatic heterocycles. The van der Waals surface area contributed by atoms with E-state index in [2.05, 4.69) is 54.9 Å². The van der Waals surface area contributed by atoms with E-state index in [1.807, 2.05) is 52.0 Å². The highest BCUT2D eigenvalue weighted by Gasteiger charge is 2.37. The van der Waals surface area contributed by atoms with Gasteiger partial charge in [-0.1, -0.05) is 62.4 Å². The first-order chi connectivity index (χ1) is 26.0. The Labute approximate surface area is 314 Å². The zero-order chi connectivity index (χ0) is 38.5. The summed E-state index contributed by atoms with van der Waals surface area (Å²) in [7, 11) is 2.55. The van der Waals surface area contributed by atoms with Crippen molar-refractivity contribution in [3.63, 3.8) is 0 Å². The third-order valence-corrected chi connectivity index (χ3v) is 10.0. The fraction of sp³-hybridized carbons (Fsp3) is 0.400. The maximum atomic E-state index is 13.5. The van der Waals surface area contributed by atoms with Crippen LogP contribution in [-0.4, -0.2) is 86.7 Å². The molecule has 4 N–H and O–H groups in total. The number of hydrogen-bond donors (Lipinski definition) is 4. The van der Waals surface area contributed by atoms with Crippen LogP contribution in [0.5, 0.6) is 0 Å². The number of aromatic nitrogens is 4. The summed E-state index contributed by atoms with van der Waals surface area (Å²) in [5, 5.41) is 4.00. The number of H-pyrrole nitrogens is 2. The predicted molar refractivity (Wildman–Crippen MR) is 203 cm³/mol. The molecule has 3 heterocycles. The highest BCUT2D eigenvalue weighted by Crippen LogP contribution is 2.36. The fourth-order valence-electron chi connectivity index (χ4n) is 7.10. The molecular weight excluding hydrogens is 688 g/mol. The molecule has 2 atom stereocenters. The van der Waals surface area contributed by atoms with Crippen molar-refractivity contribution in [3.05, 3.63) is 78.1 Å².